The van der Waals surface area contributed by atoms with E-state index in [1.54, 1.807) is 12.1 Å². The molecule has 110 valence electrons. The zero-order valence-electron chi connectivity index (χ0n) is 11.6. The van der Waals surface area contributed by atoms with Gasteiger partial charge in [-0.3, -0.25) is 4.79 Å². The third kappa shape index (κ3) is 4.49. The lowest BCUT2D eigenvalue weighted by Gasteiger charge is -2.11. The number of rotatable bonds is 6. The van der Waals surface area contributed by atoms with Gasteiger partial charge in [0.05, 0.1) is 5.56 Å². The van der Waals surface area contributed by atoms with E-state index in [0.717, 1.165) is 15.8 Å². The molecule has 0 aromatic heterocycles. The Morgan fingerprint density at radius 3 is 2.62 bits per heavy atom. The molecule has 2 aromatic carbocycles. The zero-order chi connectivity index (χ0) is 15.2. The SMILES string of the molecule is Cc1ccc(C(N)=O)c(OCCOc2cccc(Br)c2)c1. The van der Waals surface area contributed by atoms with Crippen LogP contribution in [-0.2, 0) is 0 Å². The van der Waals surface area contributed by atoms with E-state index in [1.165, 1.54) is 0 Å². The van der Waals surface area contributed by atoms with Crippen LogP contribution < -0.4 is 15.2 Å². The summed E-state index contributed by atoms with van der Waals surface area (Å²) in [4.78, 5) is 11.3. The molecule has 4 nitrogen and oxygen atoms in total. The van der Waals surface area contributed by atoms with Gasteiger partial charge in [0, 0.05) is 4.47 Å². The Bertz CT molecular complexity index is 643. The fourth-order valence-corrected chi connectivity index (χ4v) is 2.20. The second-order valence-electron chi connectivity index (χ2n) is 4.52. The molecular formula is C16H16BrNO3. The van der Waals surface area contributed by atoms with Crippen molar-refractivity contribution in [1.29, 1.82) is 0 Å². The van der Waals surface area contributed by atoms with Crippen molar-refractivity contribution in [1.82, 2.24) is 0 Å². The van der Waals surface area contributed by atoms with Gasteiger partial charge in [0.15, 0.2) is 0 Å². The molecule has 21 heavy (non-hydrogen) atoms. The lowest BCUT2D eigenvalue weighted by atomic mass is 10.1. The normalized spacial score (nSPS) is 10.2. The first-order valence-electron chi connectivity index (χ1n) is 6.48. The molecule has 0 spiro atoms. The van der Waals surface area contributed by atoms with Gasteiger partial charge in [-0.2, -0.15) is 0 Å². The number of nitrogens with two attached hydrogens (primary N) is 1. The fraction of sp³-hybridized carbons (Fsp3) is 0.188. The first-order chi connectivity index (χ1) is 10.1. The van der Waals surface area contributed by atoms with E-state index >= 15 is 0 Å². The van der Waals surface area contributed by atoms with Crippen LogP contribution in [0, 0.1) is 6.92 Å². The van der Waals surface area contributed by atoms with Crippen LogP contribution in [-0.4, -0.2) is 19.1 Å². The summed E-state index contributed by atoms with van der Waals surface area (Å²) in [5, 5.41) is 0. The van der Waals surface area contributed by atoms with Crippen molar-refractivity contribution in [3.8, 4) is 11.5 Å². The lowest BCUT2D eigenvalue weighted by molar-refractivity contribution is 0.0995. The van der Waals surface area contributed by atoms with Gasteiger partial charge in [0.1, 0.15) is 24.7 Å². The quantitative estimate of drug-likeness (QED) is 0.813. The Morgan fingerprint density at radius 2 is 1.90 bits per heavy atom. The molecule has 0 saturated carbocycles. The number of amides is 1. The molecule has 0 unspecified atom stereocenters. The van der Waals surface area contributed by atoms with Crippen LogP contribution in [0.3, 0.4) is 0 Å². The molecule has 0 radical (unpaired) electrons. The lowest BCUT2D eigenvalue weighted by Crippen LogP contribution is -2.15. The highest BCUT2D eigenvalue weighted by Gasteiger charge is 2.09. The largest absolute Gasteiger partial charge is 0.490 e. The Morgan fingerprint density at radius 1 is 1.14 bits per heavy atom. The molecule has 2 N–H and O–H groups in total. The van der Waals surface area contributed by atoms with E-state index in [1.807, 2.05) is 37.3 Å². The number of benzene rings is 2. The highest BCUT2D eigenvalue weighted by Crippen LogP contribution is 2.20. The third-order valence-electron chi connectivity index (χ3n) is 2.81. The van der Waals surface area contributed by atoms with Gasteiger partial charge in [-0.15, -0.1) is 0 Å². The topological polar surface area (TPSA) is 61.6 Å². The molecular weight excluding hydrogens is 334 g/mol. The van der Waals surface area contributed by atoms with E-state index in [4.69, 9.17) is 15.2 Å². The van der Waals surface area contributed by atoms with E-state index < -0.39 is 5.91 Å². The van der Waals surface area contributed by atoms with Gasteiger partial charge in [0.25, 0.3) is 5.91 Å². The van der Waals surface area contributed by atoms with E-state index in [-0.39, 0.29) is 0 Å². The maximum absolute atomic E-state index is 11.3. The molecule has 5 heteroatoms. The minimum Gasteiger partial charge on any atom is -0.490 e. The molecule has 2 aromatic rings. The van der Waals surface area contributed by atoms with Gasteiger partial charge in [-0.1, -0.05) is 28.1 Å². The van der Waals surface area contributed by atoms with Gasteiger partial charge in [-0.25, -0.2) is 0 Å². The molecule has 2 rings (SSSR count). The minimum atomic E-state index is -0.502. The first kappa shape index (κ1) is 15.4. The second-order valence-corrected chi connectivity index (χ2v) is 5.43. The van der Waals surface area contributed by atoms with Crippen molar-refractivity contribution in [2.24, 2.45) is 5.73 Å². The number of halogens is 1. The maximum Gasteiger partial charge on any atom is 0.252 e. The van der Waals surface area contributed by atoms with Crippen LogP contribution in [0.15, 0.2) is 46.9 Å². The molecule has 0 bridgehead atoms. The van der Waals surface area contributed by atoms with Gasteiger partial charge < -0.3 is 15.2 Å². The molecule has 0 aliphatic carbocycles. The predicted molar refractivity (Wildman–Crippen MR) is 84.8 cm³/mol. The molecule has 0 aliphatic heterocycles. The number of ether oxygens (including phenoxy) is 2. The Balaban J connectivity index is 1.91. The fourth-order valence-electron chi connectivity index (χ4n) is 1.82. The van der Waals surface area contributed by atoms with Crippen molar-refractivity contribution in [2.75, 3.05) is 13.2 Å². The van der Waals surface area contributed by atoms with Crippen LogP contribution >= 0.6 is 15.9 Å². The highest BCUT2D eigenvalue weighted by atomic mass is 79.9. The molecule has 0 aliphatic rings. The Labute approximate surface area is 132 Å². The number of hydrogen-bond acceptors (Lipinski definition) is 3. The smallest absolute Gasteiger partial charge is 0.252 e. The molecule has 0 atom stereocenters. The van der Waals surface area contributed by atoms with Crippen LogP contribution in [0.25, 0.3) is 0 Å². The summed E-state index contributed by atoms with van der Waals surface area (Å²) in [6, 6.07) is 12.8. The molecule has 1 amide bonds. The van der Waals surface area contributed by atoms with Gasteiger partial charge in [-0.05, 0) is 42.8 Å². The monoisotopic (exact) mass is 349 g/mol. The predicted octanol–water partition coefficient (Wildman–Crippen LogP) is 3.31. The van der Waals surface area contributed by atoms with Crippen LogP contribution in [0.5, 0.6) is 11.5 Å². The van der Waals surface area contributed by atoms with Crippen LogP contribution in [0.4, 0.5) is 0 Å². The Kier molecular flexibility index (Phi) is 5.22. The van der Waals surface area contributed by atoms with Crippen molar-refractivity contribution >= 4 is 21.8 Å². The summed E-state index contributed by atoms with van der Waals surface area (Å²) in [5.41, 5.74) is 6.70. The minimum absolute atomic E-state index is 0.330. The molecule has 0 heterocycles. The van der Waals surface area contributed by atoms with E-state index in [0.29, 0.717) is 24.5 Å². The number of carbonyl (C=O) groups excluding carboxylic acids is 1. The van der Waals surface area contributed by atoms with Crippen LogP contribution in [0.1, 0.15) is 15.9 Å². The van der Waals surface area contributed by atoms with Crippen molar-refractivity contribution in [3.63, 3.8) is 0 Å². The number of primary amides is 1. The maximum atomic E-state index is 11.3. The summed E-state index contributed by atoms with van der Waals surface area (Å²) < 4.78 is 12.1. The standard InChI is InChI=1S/C16H16BrNO3/c1-11-5-6-14(16(18)19)15(9-11)21-8-7-20-13-4-2-3-12(17)10-13/h2-6,9-10H,7-8H2,1H3,(H2,18,19). The van der Waals surface area contributed by atoms with Crippen LogP contribution in [0.2, 0.25) is 0 Å². The van der Waals surface area contributed by atoms with Gasteiger partial charge in [0.2, 0.25) is 0 Å². The summed E-state index contributed by atoms with van der Waals surface area (Å²) in [5.74, 6) is 0.741. The molecule has 0 fully saturated rings. The van der Waals surface area contributed by atoms with Crippen molar-refractivity contribution in [3.05, 3.63) is 58.1 Å². The highest BCUT2D eigenvalue weighted by molar-refractivity contribution is 9.10. The second kappa shape index (κ2) is 7.13. The number of hydrogen-bond donors (Lipinski definition) is 1. The summed E-state index contributed by atoms with van der Waals surface area (Å²) >= 11 is 3.38. The Hall–Kier alpha value is -2.01. The first-order valence-corrected chi connectivity index (χ1v) is 7.27. The van der Waals surface area contributed by atoms with Crippen molar-refractivity contribution in [2.45, 2.75) is 6.92 Å². The summed E-state index contributed by atoms with van der Waals surface area (Å²) in [6.07, 6.45) is 0. The average Bonchev–Trinajstić information content (AvgIpc) is 2.43. The summed E-state index contributed by atoms with van der Waals surface area (Å²) in [6.45, 7) is 2.63. The number of carbonyl (C=O) groups is 1. The molecule has 0 saturated heterocycles. The number of aryl methyl sites for hydroxylation is 1. The van der Waals surface area contributed by atoms with E-state index in [9.17, 15) is 4.79 Å². The third-order valence-corrected chi connectivity index (χ3v) is 3.30. The average molecular weight is 350 g/mol. The van der Waals surface area contributed by atoms with Gasteiger partial charge >= 0.3 is 0 Å². The van der Waals surface area contributed by atoms with E-state index in [2.05, 4.69) is 15.9 Å². The zero-order valence-corrected chi connectivity index (χ0v) is 13.2. The van der Waals surface area contributed by atoms with Crippen molar-refractivity contribution < 1.29 is 14.3 Å². The summed E-state index contributed by atoms with van der Waals surface area (Å²) in [7, 11) is 0.